The maximum Gasteiger partial charge on any atom is 0.241 e. The molecule has 1 amide bonds. The Hall–Kier alpha value is -1.44. The third-order valence-corrected chi connectivity index (χ3v) is 5.05. The Kier molecular flexibility index (Phi) is 5.55. The van der Waals surface area contributed by atoms with E-state index in [0.29, 0.717) is 26.3 Å². The first-order valence-electron chi connectivity index (χ1n) is 7.36. The Labute approximate surface area is 131 Å². The summed E-state index contributed by atoms with van der Waals surface area (Å²) in [6, 6.07) is 7.31. The predicted molar refractivity (Wildman–Crippen MR) is 82.8 cm³/mol. The van der Waals surface area contributed by atoms with E-state index in [2.05, 4.69) is 4.72 Å². The first kappa shape index (κ1) is 16.9. The summed E-state index contributed by atoms with van der Waals surface area (Å²) in [5.74, 6) is -0.341. The van der Waals surface area contributed by atoms with Crippen molar-refractivity contribution in [1.29, 1.82) is 0 Å². The molecule has 2 rings (SSSR count). The van der Waals surface area contributed by atoms with Gasteiger partial charge < -0.3 is 9.64 Å². The number of benzene rings is 1. The molecule has 6 nitrogen and oxygen atoms in total. The van der Waals surface area contributed by atoms with Crippen molar-refractivity contribution in [3.05, 3.63) is 30.3 Å². The lowest BCUT2D eigenvalue weighted by Gasteiger charge is -2.32. The number of carbonyl (C=O) groups is 1. The van der Waals surface area contributed by atoms with Crippen LogP contribution in [-0.2, 0) is 19.6 Å². The van der Waals surface area contributed by atoms with Crippen LogP contribution >= 0.6 is 0 Å². The van der Waals surface area contributed by atoms with Gasteiger partial charge in [0.25, 0.3) is 0 Å². The number of sulfonamides is 1. The Morgan fingerprint density at radius 2 is 1.77 bits per heavy atom. The highest BCUT2D eigenvalue weighted by Crippen LogP contribution is 2.14. The smallest absolute Gasteiger partial charge is 0.241 e. The van der Waals surface area contributed by atoms with Crippen molar-refractivity contribution in [3.8, 4) is 0 Å². The van der Waals surface area contributed by atoms with Gasteiger partial charge in [-0.2, -0.15) is 4.72 Å². The fourth-order valence-corrected chi connectivity index (χ4v) is 3.65. The van der Waals surface area contributed by atoms with Crippen LogP contribution in [0, 0.1) is 5.92 Å². The lowest BCUT2D eigenvalue weighted by atomic mass is 10.0. The quantitative estimate of drug-likeness (QED) is 0.870. The molecule has 7 heteroatoms. The zero-order valence-corrected chi connectivity index (χ0v) is 13.7. The van der Waals surface area contributed by atoms with Gasteiger partial charge in [0.1, 0.15) is 6.04 Å². The van der Waals surface area contributed by atoms with Crippen molar-refractivity contribution in [2.24, 2.45) is 5.92 Å². The molecular weight excluding hydrogens is 304 g/mol. The third-order valence-electron chi connectivity index (χ3n) is 3.59. The van der Waals surface area contributed by atoms with Crippen LogP contribution in [0.3, 0.4) is 0 Å². The second kappa shape index (κ2) is 7.21. The van der Waals surface area contributed by atoms with Gasteiger partial charge in [-0.05, 0) is 18.1 Å². The Morgan fingerprint density at radius 1 is 1.18 bits per heavy atom. The molecule has 22 heavy (non-hydrogen) atoms. The molecule has 1 atom stereocenters. The van der Waals surface area contributed by atoms with Crippen molar-refractivity contribution in [2.45, 2.75) is 24.8 Å². The van der Waals surface area contributed by atoms with Gasteiger partial charge in [-0.15, -0.1) is 0 Å². The molecule has 1 aliphatic rings. The fraction of sp³-hybridized carbons (Fsp3) is 0.533. The number of rotatable bonds is 5. The van der Waals surface area contributed by atoms with Gasteiger partial charge in [-0.25, -0.2) is 8.42 Å². The van der Waals surface area contributed by atoms with Crippen LogP contribution in [0.2, 0.25) is 0 Å². The largest absolute Gasteiger partial charge is 0.378 e. The number of hydrogen-bond donors (Lipinski definition) is 1. The summed E-state index contributed by atoms with van der Waals surface area (Å²) in [4.78, 5) is 14.4. The summed E-state index contributed by atoms with van der Waals surface area (Å²) in [5, 5.41) is 0. The van der Waals surface area contributed by atoms with Crippen molar-refractivity contribution >= 4 is 15.9 Å². The highest BCUT2D eigenvalue weighted by Gasteiger charge is 2.32. The molecule has 0 aromatic heterocycles. The zero-order valence-electron chi connectivity index (χ0n) is 12.9. The van der Waals surface area contributed by atoms with Gasteiger partial charge >= 0.3 is 0 Å². The fourth-order valence-electron chi connectivity index (χ4n) is 2.29. The van der Waals surface area contributed by atoms with E-state index < -0.39 is 16.1 Å². The van der Waals surface area contributed by atoms with E-state index in [1.54, 1.807) is 23.1 Å². The summed E-state index contributed by atoms with van der Waals surface area (Å²) in [6.07, 6.45) is 0. The number of carbonyl (C=O) groups excluding carboxylic acids is 1. The van der Waals surface area contributed by atoms with Crippen molar-refractivity contribution in [1.82, 2.24) is 9.62 Å². The number of hydrogen-bond acceptors (Lipinski definition) is 4. The minimum absolute atomic E-state index is 0.145. The summed E-state index contributed by atoms with van der Waals surface area (Å²) >= 11 is 0. The predicted octanol–water partition coefficient (Wildman–Crippen LogP) is 0.848. The standard InChI is InChI=1S/C15H22N2O4S/c1-12(2)14(15(18)17-8-10-21-11-9-17)16-22(19,20)13-6-4-3-5-7-13/h3-7,12,14,16H,8-11H2,1-2H3. The molecule has 1 aliphatic heterocycles. The minimum atomic E-state index is -3.72. The maximum absolute atomic E-state index is 12.6. The monoisotopic (exact) mass is 326 g/mol. The van der Waals surface area contributed by atoms with Crippen molar-refractivity contribution < 1.29 is 17.9 Å². The highest BCUT2D eigenvalue weighted by atomic mass is 32.2. The number of morpholine rings is 1. The summed E-state index contributed by atoms with van der Waals surface area (Å²) in [5.41, 5.74) is 0. The second-order valence-electron chi connectivity index (χ2n) is 5.59. The molecule has 0 radical (unpaired) electrons. The van der Waals surface area contributed by atoms with Crippen LogP contribution in [0.5, 0.6) is 0 Å². The van der Waals surface area contributed by atoms with E-state index in [-0.39, 0.29) is 16.7 Å². The van der Waals surface area contributed by atoms with Crippen LogP contribution in [0.15, 0.2) is 35.2 Å². The van der Waals surface area contributed by atoms with E-state index in [9.17, 15) is 13.2 Å². The molecule has 1 N–H and O–H groups in total. The first-order valence-corrected chi connectivity index (χ1v) is 8.84. The molecule has 1 fully saturated rings. The average Bonchev–Trinajstić information content (AvgIpc) is 2.53. The van der Waals surface area contributed by atoms with Gasteiger partial charge in [0, 0.05) is 13.1 Å². The molecule has 1 aromatic carbocycles. The molecule has 0 saturated carbocycles. The molecule has 1 aromatic rings. The Balaban J connectivity index is 2.16. The molecule has 1 unspecified atom stereocenters. The van der Waals surface area contributed by atoms with Gasteiger partial charge in [-0.1, -0.05) is 32.0 Å². The molecule has 0 spiro atoms. The summed E-state index contributed by atoms with van der Waals surface area (Å²) in [6.45, 7) is 5.63. The molecule has 0 aliphatic carbocycles. The third kappa shape index (κ3) is 4.06. The highest BCUT2D eigenvalue weighted by molar-refractivity contribution is 7.89. The second-order valence-corrected chi connectivity index (χ2v) is 7.31. The van der Waals surface area contributed by atoms with E-state index in [1.165, 1.54) is 12.1 Å². The van der Waals surface area contributed by atoms with E-state index in [1.807, 2.05) is 13.8 Å². The molecule has 122 valence electrons. The molecule has 0 bridgehead atoms. The maximum atomic E-state index is 12.6. The normalized spacial score (nSPS) is 17.5. The minimum Gasteiger partial charge on any atom is -0.378 e. The molecule has 1 saturated heterocycles. The number of amides is 1. The lowest BCUT2D eigenvalue weighted by molar-refractivity contribution is -0.138. The number of ether oxygens (including phenoxy) is 1. The average molecular weight is 326 g/mol. The first-order chi connectivity index (χ1) is 10.4. The SMILES string of the molecule is CC(C)C(NS(=O)(=O)c1ccccc1)C(=O)N1CCOCC1. The molecular formula is C15H22N2O4S. The van der Waals surface area contributed by atoms with Crippen LogP contribution in [0.25, 0.3) is 0 Å². The van der Waals surface area contributed by atoms with Gasteiger partial charge in [0.15, 0.2) is 0 Å². The Morgan fingerprint density at radius 3 is 2.32 bits per heavy atom. The van der Waals surface area contributed by atoms with Crippen LogP contribution in [0.1, 0.15) is 13.8 Å². The summed E-state index contributed by atoms with van der Waals surface area (Å²) < 4.78 is 32.6. The lowest BCUT2D eigenvalue weighted by Crippen LogP contribution is -2.53. The number of nitrogens with zero attached hydrogens (tertiary/aromatic N) is 1. The topological polar surface area (TPSA) is 75.7 Å². The van der Waals surface area contributed by atoms with Crippen molar-refractivity contribution in [3.63, 3.8) is 0 Å². The van der Waals surface area contributed by atoms with Gasteiger partial charge in [0.05, 0.1) is 18.1 Å². The zero-order chi connectivity index (χ0) is 16.2. The van der Waals surface area contributed by atoms with E-state index in [0.717, 1.165) is 0 Å². The van der Waals surface area contributed by atoms with Gasteiger partial charge in [0.2, 0.25) is 15.9 Å². The van der Waals surface area contributed by atoms with E-state index in [4.69, 9.17) is 4.74 Å². The summed E-state index contributed by atoms with van der Waals surface area (Å²) in [7, 11) is -3.72. The Bertz CT molecular complexity index is 595. The molecule has 1 heterocycles. The van der Waals surface area contributed by atoms with Crippen LogP contribution in [0.4, 0.5) is 0 Å². The van der Waals surface area contributed by atoms with Gasteiger partial charge in [-0.3, -0.25) is 4.79 Å². The van der Waals surface area contributed by atoms with Crippen molar-refractivity contribution in [2.75, 3.05) is 26.3 Å². The van der Waals surface area contributed by atoms with Crippen LogP contribution < -0.4 is 4.72 Å². The van der Waals surface area contributed by atoms with Crippen LogP contribution in [-0.4, -0.2) is 51.6 Å². The van der Waals surface area contributed by atoms with E-state index >= 15 is 0 Å². The number of nitrogens with one attached hydrogen (secondary N) is 1.